The summed E-state index contributed by atoms with van der Waals surface area (Å²) in [6, 6.07) is 7.81. The van der Waals surface area contributed by atoms with Crippen LogP contribution in [0.5, 0.6) is 5.75 Å². The highest BCUT2D eigenvalue weighted by Crippen LogP contribution is 2.33. The second-order valence-electron chi connectivity index (χ2n) is 8.21. The van der Waals surface area contributed by atoms with Gasteiger partial charge < -0.3 is 14.8 Å². The third kappa shape index (κ3) is 4.20. The summed E-state index contributed by atoms with van der Waals surface area (Å²) >= 11 is 0. The molecule has 0 unspecified atom stereocenters. The lowest BCUT2D eigenvalue weighted by atomic mass is 10.1. The van der Waals surface area contributed by atoms with Crippen LogP contribution in [-0.4, -0.2) is 57.2 Å². The van der Waals surface area contributed by atoms with Crippen LogP contribution in [0.3, 0.4) is 0 Å². The molecular weight excluding hydrogens is 414 g/mol. The number of hydrogen-bond donors (Lipinski definition) is 1. The van der Waals surface area contributed by atoms with Crippen molar-refractivity contribution in [2.24, 2.45) is 0 Å². The lowest BCUT2D eigenvalue weighted by molar-refractivity contribution is 0.0730. The molecule has 1 saturated carbocycles. The van der Waals surface area contributed by atoms with E-state index in [2.05, 4.69) is 23.5 Å². The molecule has 1 aromatic carbocycles. The van der Waals surface area contributed by atoms with Crippen LogP contribution in [0.25, 0.3) is 6.08 Å². The summed E-state index contributed by atoms with van der Waals surface area (Å²) in [4.78, 5) is 5.11. The van der Waals surface area contributed by atoms with Gasteiger partial charge in [-0.3, -0.25) is 4.98 Å². The Labute approximate surface area is 183 Å². The molecule has 2 aliphatic carbocycles. The third-order valence-corrected chi connectivity index (χ3v) is 7.86. The first-order valence-electron chi connectivity index (χ1n) is 10.8. The zero-order valence-electron chi connectivity index (χ0n) is 17.6. The number of rotatable bonds is 7. The number of aromatic nitrogens is 1. The van der Waals surface area contributed by atoms with Crippen molar-refractivity contribution >= 4 is 21.8 Å². The molecule has 1 N–H and O–H groups in total. The average molecular weight is 442 g/mol. The molecule has 0 bridgehead atoms. The molecule has 1 saturated heterocycles. The lowest BCUT2D eigenvalue weighted by Crippen LogP contribution is -2.40. The molecule has 1 aliphatic heterocycles. The van der Waals surface area contributed by atoms with E-state index in [-0.39, 0.29) is 4.90 Å². The van der Waals surface area contributed by atoms with Crippen molar-refractivity contribution in [2.75, 3.05) is 38.7 Å². The lowest BCUT2D eigenvalue weighted by Gasteiger charge is -2.26. The number of anilines is 1. The van der Waals surface area contributed by atoms with E-state index in [0.29, 0.717) is 44.5 Å². The molecule has 0 radical (unpaired) electrons. The van der Waals surface area contributed by atoms with Gasteiger partial charge in [-0.1, -0.05) is 18.2 Å². The molecule has 2 heterocycles. The van der Waals surface area contributed by atoms with Crippen molar-refractivity contribution in [1.82, 2.24) is 9.29 Å². The van der Waals surface area contributed by atoms with Crippen molar-refractivity contribution in [3.05, 3.63) is 52.9 Å². The first-order chi connectivity index (χ1) is 15.0. The number of hydrogen-bond acceptors (Lipinski definition) is 6. The van der Waals surface area contributed by atoms with Crippen molar-refractivity contribution in [3.8, 4) is 5.75 Å². The Morgan fingerprint density at radius 3 is 2.77 bits per heavy atom. The summed E-state index contributed by atoms with van der Waals surface area (Å²) in [5.41, 5.74) is 5.29. The second kappa shape index (κ2) is 8.26. The maximum absolute atomic E-state index is 13.0. The van der Waals surface area contributed by atoms with Gasteiger partial charge in [-0.2, -0.15) is 4.31 Å². The number of ether oxygens (including phenoxy) is 2. The number of morpholine rings is 1. The van der Waals surface area contributed by atoms with Gasteiger partial charge in [0.2, 0.25) is 10.0 Å². The fourth-order valence-corrected chi connectivity index (χ4v) is 5.54. The van der Waals surface area contributed by atoms with Crippen LogP contribution in [0.1, 0.15) is 35.4 Å². The zero-order valence-corrected chi connectivity index (χ0v) is 18.5. The van der Waals surface area contributed by atoms with Crippen LogP contribution in [0.4, 0.5) is 5.69 Å². The van der Waals surface area contributed by atoms with Gasteiger partial charge in [-0.25, -0.2) is 8.42 Å². The normalized spacial score (nSPS) is 18.7. The van der Waals surface area contributed by atoms with Gasteiger partial charge in [-0.05, 0) is 25.0 Å². The Morgan fingerprint density at radius 1 is 1.23 bits per heavy atom. The minimum absolute atomic E-state index is 0.247. The second-order valence-corrected chi connectivity index (χ2v) is 10.2. The van der Waals surface area contributed by atoms with Gasteiger partial charge >= 0.3 is 0 Å². The van der Waals surface area contributed by atoms with E-state index in [4.69, 9.17) is 14.5 Å². The van der Waals surface area contributed by atoms with E-state index < -0.39 is 10.0 Å². The van der Waals surface area contributed by atoms with Crippen LogP contribution in [0, 0.1) is 0 Å². The Morgan fingerprint density at radius 2 is 2.03 bits per heavy atom. The number of pyridine rings is 1. The van der Waals surface area contributed by atoms with Gasteiger partial charge in [0.25, 0.3) is 0 Å². The van der Waals surface area contributed by atoms with Crippen molar-refractivity contribution in [1.29, 1.82) is 0 Å². The number of allylic oxidation sites excluding steroid dienone is 1. The Kier molecular flexibility index (Phi) is 5.45. The van der Waals surface area contributed by atoms with E-state index in [0.717, 1.165) is 29.1 Å². The summed E-state index contributed by atoms with van der Waals surface area (Å²) < 4.78 is 38.3. The topological polar surface area (TPSA) is 80.8 Å². The van der Waals surface area contributed by atoms with E-state index in [1.807, 2.05) is 6.07 Å². The van der Waals surface area contributed by atoms with Crippen LogP contribution >= 0.6 is 0 Å². The van der Waals surface area contributed by atoms with Gasteiger partial charge in [0.15, 0.2) is 0 Å². The minimum atomic E-state index is -3.57. The van der Waals surface area contributed by atoms with Crippen LogP contribution in [0.2, 0.25) is 0 Å². The molecule has 8 heteroatoms. The molecule has 0 atom stereocenters. The molecular formula is C23H27N3O4S. The van der Waals surface area contributed by atoms with E-state index in [1.54, 1.807) is 19.2 Å². The first kappa shape index (κ1) is 20.5. The van der Waals surface area contributed by atoms with E-state index >= 15 is 0 Å². The van der Waals surface area contributed by atoms with Crippen LogP contribution in [-0.2, 0) is 27.6 Å². The predicted molar refractivity (Wildman–Crippen MR) is 119 cm³/mol. The summed E-state index contributed by atoms with van der Waals surface area (Å²) in [6.07, 6.45) is 8.13. The largest absolute Gasteiger partial charge is 0.496 e. The maximum Gasteiger partial charge on any atom is 0.243 e. The highest BCUT2D eigenvalue weighted by atomic mass is 32.2. The predicted octanol–water partition coefficient (Wildman–Crippen LogP) is 2.85. The van der Waals surface area contributed by atoms with Crippen molar-refractivity contribution in [3.63, 3.8) is 0 Å². The fourth-order valence-electron chi connectivity index (χ4n) is 4.12. The first-order valence-corrected chi connectivity index (χ1v) is 12.2. The maximum atomic E-state index is 13.0. The van der Waals surface area contributed by atoms with Crippen LogP contribution < -0.4 is 10.1 Å². The van der Waals surface area contributed by atoms with E-state index in [9.17, 15) is 8.42 Å². The summed E-state index contributed by atoms with van der Waals surface area (Å²) in [5, 5.41) is 3.62. The van der Waals surface area contributed by atoms with Crippen molar-refractivity contribution in [2.45, 2.75) is 36.6 Å². The number of nitrogens with one attached hydrogen (secondary N) is 1. The minimum Gasteiger partial charge on any atom is -0.496 e. The molecule has 0 spiro atoms. The number of nitrogens with zero attached hydrogens (tertiary/aromatic N) is 2. The number of sulfonamides is 1. The smallest absolute Gasteiger partial charge is 0.243 e. The third-order valence-electron chi connectivity index (χ3n) is 5.96. The molecule has 31 heavy (non-hydrogen) atoms. The highest BCUT2D eigenvalue weighted by molar-refractivity contribution is 7.89. The molecule has 0 amide bonds. The van der Waals surface area contributed by atoms with Gasteiger partial charge in [0.1, 0.15) is 5.75 Å². The quantitative estimate of drug-likeness (QED) is 0.712. The highest BCUT2D eigenvalue weighted by Gasteiger charge is 2.27. The molecule has 164 valence electrons. The summed E-state index contributed by atoms with van der Waals surface area (Å²) in [5.74, 6) is 0.562. The number of fused-ring (bicyclic) bond motifs is 1. The van der Waals surface area contributed by atoms with Crippen molar-refractivity contribution < 1.29 is 17.9 Å². The Balaban J connectivity index is 1.42. The van der Waals surface area contributed by atoms with Crippen LogP contribution in [0.15, 0.2) is 35.2 Å². The molecule has 7 nitrogen and oxygen atoms in total. The molecule has 5 rings (SSSR count). The molecule has 3 aliphatic rings. The molecule has 2 fully saturated rings. The van der Waals surface area contributed by atoms with Gasteiger partial charge in [0.05, 0.1) is 30.9 Å². The Hall–Kier alpha value is -2.42. The SMILES string of the molecule is COc1cc(S(=O)(=O)N2CCOCC2)ccc1Cc1cc(NC2CC2)c2c(n1)CC=C2. The number of benzene rings is 1. The number of methoxy groups -OCH3 is 1. The Bertz CT molecular complexity index is 1120. The molecule has 1 aromatic heterocycles. The van der Waals surface area contributed by atoms with E-state index in [1.165, 1.54) is 22.7 Å². The van der Waals surface area contributed by atoms with Gasteiger partial charge in [-0.15, -0.1) is 0 Å². The average Bonchev–Trinajstić information content (AvgIpc) is 3.47. The standard InChI is InChI=1S/C23H27N3O4S/c1-29-23-15-19(31(27,28)26-9-11-30-12-10-26)8-5-16(23)13-18-14-22(24-17-6-7-17)20-3-2-4-21(20)25-18/h2-3,5,8,14-15,17H,4,6-7,9-13H2,1H3,(H,24,25). The van der Waals surface area contributed by atoms with Gasteiger partial charge in [0, 0.05) is 60.5 Å². The zero-order chi connectivity index (χ0) is 21.4. The monoisotopic (exact) mass is 441 g/mol. The summed E-state index contributed by atoms with van der Waals surface area (Å²) in [7, 11) is -1.99. The summed E-state index contributed by atoms with van der Waals surface area (Å²) in [6.45, 7) is 1.58. The molecule has 2 aromatic rings. The fraction of sp³-hybridized carbons (Fsp3) is 0.435.